The largest absolute Gasteiger partial charge is 0.378 e. The van der Waals surface area contributed by atoms with E-state index >= 15 is 0 Å². The molecule has 0 aliphatic carbocycles. The number of Topliss-reactive ketones (excluding diaryl/α,β-unsaturated/α-hetero) is 1. The Morgan fingerprint density at radius 3 is 2.43 bits per heavy atom. The molecule has 1 aliphatic rings. The smallest absolute Gasteiger partial charge is 0.294 e. The number of nitrogens with one attached hydrogen (secondary N) is 2. The zero-order valence-electron chi connectivity index (χ0n) is 20.5. The molecule has 1 fully saturated rings. The van der Waals surface area contributed by atoms with Crippen LogP contribution in [0.4, 0.5) is 29.0 Å². The zero-order valence-corrected chi connectivity index (χ0v) is 20.5. The minimum Gasteiger partial charge on any atom is -0.378 e. The van der Waals surface area contributed by atoms with Gasteiger partial charge in [0.1, 0.15) is 11.6 Å². The lowest BCUT2D eigenvalue weighted by Gasteiger charge is -2.27. The summed E-state index contributed by atoms with van der Waals surface area (Å²) in [7, 11) is 3.09. The van der Waals surface area contributed by atoms with Crippen molar-refractivity contribution in [1.29, 1.82) is 0 Å². The second-order valence-electron chi connectivity index (χ2n) is 7.59. The highest BCUT2D eigenvalue weighted by atomic mass is 16.5. The van der Waals surface area contributed by atoms with Crippen molar-refractivity contribution in [3.63, 3.8) is 0 Å². The van der Waals surface area contributed by atoms with Gasteiger partial charge < -0.3 is 25.2 Å². The first-order chi connectivity index (χ1) is 17.0. The molecule has 1 amide bonds. The third kappa shape index (κ3) is 6.73. The van der Waals surface area contributed by atoms with Crippen LogP contribution in [-0.2, 0) is 9.53 Å². The number of amides is 1. The Hall–Kier alpha value is -4.05. The summed E-state index contributed by atoms with van der Waals surface area (Å²) in [5.41, 5.74) is 1.50. The van der Waals surface area contributed by atoms with E-state index in [1.54, 1.807) is 56.8 Å². The van der Waals surface area contributed by atoms with Gasteiger partial charge in [0.2, 0.25) is 5.95 Å². The Balaban J connectivity index is 0.00000167. The number of rotatable bonds is 7. The molecule has 3 aromatic rings. The van der Waals surface area contributed by atoms with Crippen molar-refractivity contribution < 1.29 is 17.2 Å². The molecule has 10 nitrogen and oxygen atoms in total. The molecule has 1 saturated heterocycles. The third-order valence-corrected chi connectivity index (χ3v) is 5.03. The van der Waals surface area contributed by atoms with Gasteiger partial charge in [-0.05, 0) is 30.3 Å². The van der Waals surface area contributed by atoms with Crippen LogP contribution in [0.3, 0.4) is 0 Å². The summed E-state index contributed by atoms with van der Waals surface area (Å²) in [5, 5.41) is 6.24. The van der Waals surface area contributed by atoms with Gasteiger partial charge >= 0.3 is 0 Å². The Morgan fingerprint density at radius 2 is 1.74 bits per heavy atom. The molecule has 0 unspecified atom stereocenters. The second kappa shape index (κ2) is 12.4. The summed E-state index contributed by atoms with van der Waals surface area (Å²) in [6.07, 6.45) is 3.33. The number of para-hydroxylation sites is 1. The molecule has 1 aromatic carbocycles. The molecule has 2 N–H and O–H groups in total. The van der Waals surface area contributed by atoms with Gasteiger partial charge in [-0.25, -0.2) is 9.97 Å². The van der Waals surface area contributed by atoms with Crippen LogP contribution >= 0.6 is 0 Å². The van der Waals surface area contributed by atoms with Crippen molar-refractivity contribution >= 4 is 40.6 Å². The molecule has 10 heteroatoms. The third-order valence-electron chi connectivity index (χ3n) is 5.03. The number of hydrogen-bond donors (Lipinski definition) is 2. The van der Waals surface area contributed by atoms with Crippen molar-refractivity contribution in [2.24, 2.45) is 0 Å². The quantitative estimate of drug-likeness (QED) is 0.382. The lowest BCUT2D eigenvalue weighted by atomic mass is 10.1. The van der Waals surface area contributed by atoms with E-state index in [4.69, 9.17) is 4.74 Å². The van der Waals surface area contributed by atoms with Gasteiger partial charge in [-0.15, -0.1) is 0 Å². The first kappa shape index (κ1) is 25.6. The van der Waals surface area contributed by atoms with E-state index < -0.39 is 11.7 Å². The number of carbonyl (C=O) groups excluding carboxylic acids is 2. The van der Waals surface area contributed by atoms with E-state index in [0.717, 1.165) is 24.6 Å². The predicted molar refractivity (Wildman–Crippen MR) is 141 cm³/mol. The molecule has 3 heterocycles. The number of benzene rings is 1. The van der Waals surface area contributed by atoms with Crippen molar-refractivity contribution in [3.8, 4) is 0 Å². The van der Waals surface area contributed by atoms with Crippen LogP contribution in [0.2, 0.25) is 0 Å². The number of morpholine rings is 1. The van der Waals surface area contributed by atoms with Gasteiger partial charge in [0, 0.05) is 36.2 Å². The number of pyridine rings is 1. The summed E-state index contributed by atoms with van der Waals surface area (Å²) in [4.78, 5) is 41.3. The average Bonchev–Trinajstić information content (AvgIpc) is 2.90. The highest BCUT2D eigenvalue weighted by Crippen LogP contribution is 2.22. The first-order valence-electron chi connectivity index (χ1n) is 11.5. The van der Waals surface area contributed by atoms with Gasteiger partial charge in [0.05, 0.1) is 36.3 Å². The molecule has 0 radical (unpaired) electrons. The van der Waals surface area contributed by atoms with E-state index in [1.807, 2.05) is 26.0 Å². The maximum absolute atomic E-state index is 12.6. The molecular weight excluding hydrogens is 446 g/mol. The molecule has 188 valence electrons. The van der Waals surface area contributed by atoms with Gasteiger partial charge in [0.15, 0.2) is 0 Å². The minimum absolute atomic E-state index is 0. The van der Waals surface area contributed by atoms with Gasteiger partial charge in [-0.3, -0.25) is 9.59 Å². The molecular formula is C25H35N7O3. The van der Waals surface area contributed by atoms with E-state index in [2.05, 4.69) is 30.5 Å². The number of anilines is 5. The summed E-state index contributed by atoms with van der Waals surface area (Å²) in [6.45, 7) is 7.04. The fourth-order valence-electron chi connectivity index (χ4n) is 3.30. The van der Waals surface area contributed by atoms with E-state index in [-0.39, 0.29) is 8.42 Å². The Bertz CT molecular complexity index is 1140. The molecule has 0 bridgehead atoms. The van der Waals surface area contributed by atoms with Crippen LogP contribution in [0, 0.1) is 0 Å². The zero-order chi connectivity index (χ0) is 25.2. The predicted octanol–water partition coefficient (Wildman–Crippen LogP) is 3.98. The van der Waals surface area contributed by atoms with Crippen LogP contribution in [0.25, 0.3) is 0 Å². The molecule has 2 aromatic heterocycles. The van der Waals surface area contributed by atoms with Crippen molar-refractivity contribution in [1.82, 2.24) is 19.9 Å². The number of likely N-dealkylation sites (N-methyl/N-ethyl adjacent to an activating group) is 1. The van der Waals surface area contributed by atoms with E-state index in [0.29, 0.717) is 30.7 Å². The Kier molecular flexibility index (Phi) is 9.08. The fourth-order valence-corrected chi connectivity index (χ4v) is 3.30. The molecule has 1 aliphatic heterocycles. The minimum atomic E-state index is -0.595. The van der Waals surface area contributed by atoms with E-state index in [9.17, 15) is 9.59 Å². The number of hydrogen-bond acceptors (Lipinski definition) is 9. The van der Waals surface area contributed by atoms with Crippen LogP contribution in [0.15, 0.2) is 54.9 Å². The van der Waals surface area contributed by atoms with E-state index in [1.165, 1.54) is 4.90 Å². The van der Waals surface area contributed by atoms with Crippen LogP contribution in [-0.4, -0.2) is 71.9 Å². The Morgan fingerprint density at radius 1 is 1.00 bits per heavy atom. The summed E-state index contributed by atoms with van der Waals surface area (Å²) >= 11 is 0. The summed E-state index contributed by atoms with van der Waals surface area (Å²) < 4.78 is 5.38. The summed E-state index contributed by atoms with van der Waals surface area (Å²) in [6, 6.07) is 12.4. The van der Waals surface area contributed by atoms with Crippen LogP contribution < -0.4 is 15.5 Å². The number of ether oxygens (including phenoxy) is 1. The topological polar surface area (TPSA) is 113 Å². The molecule has 0 spiro atoms. The van der Waals surface area contributed by atoms with Gasteiger partial charge in [-0.2, -0.15) is 4.98 Å². The number of carbonyl (C=O) groups is 2. The monoisotopic (exact) mass is 481 g/mol. The highest BCUT2D eigenvalue weighted by molar-refractivity contribution is 6.43. The number of ketones is 1. The standard InChI is InChI=1S/C23H25N7O3.C2H6.2H2/c1-29(2)22(32)21(31)17-5-3-4-6-18(17)27-19-9-10-24-23(28-19)26-16-7-8-20(25-15-16)30-11-13-33-14-12-30;1-2;;/h3-10,15H,11-14H2,1-2H3,(H2,24,26,27,28);1-2H3;2*1H. The highest BCUT2D eigenvalue weighted by Gasteiger charge is 2.21. The molecule has 0 saturated carbocycles. The number of aromatic nitrogens is 3. The van der Waals surface area contributed by atoms with Crippen molar-refractivity contribution in [2.45, 2.75) is 13.8 Å². The normalized spacial score (nSPS) is 12.7. The van der Waals surface area contributed by atoms with Crippen molar-refractivity contribution in [2.75, 3.05) is 55.9 Å². The maximum Gasteiger partial charge on any atom is 0.294 e. The number of nitrogens with zero attached hydrogens (tertiary/aromatic N) is 5. The average molecular weight is 482 g/mol. The van der Waals surface area contributed by atoms with Crippen molar-refractivity contribution in [3.05, 3.63) is 60.4 Å². The van der Waals surface area contributed by atoms with Crippen LogP contribution in [0.1, 0.15) is 27.1 Å². The summed E-state index contributed by atoms with van der Waals surface area (Å²) in [5.74, 6) is 0.551. The fraction of sp³-hybridized carbons (Fsp3) is 0.320. The second-order valence-corrected chi connectivity index (χ2v) is 7.59. The lowest BCUT2D eigenvalue weighted by molar-refractivity contribution is -0.124. The van der Waals surface area contributed by atoms with Gasteiger partial charge in [0.25, 0.3) is 11.7 Å². The SMILES string of the molecule is CC.CN(C)C(=O)C(=O)c1ccccc1Nc1ccnc(Nc2ccc(N3CCOCC3)nc2)n1.[HH].[HH]. The first-order valence-corrected chi connectivity index (χ1v) is 11.5. The maximum atomic E-state index is 12.6. The molecule has 4 rings (SSSR count). The van der Waals surface area contributed by atoms with Crippen LogP contribution in [0.5, 0.6) is 0 Å². The lowest BCUT2D eigenvalue weighted by Crippen LogP contribution is -2.36. The molecule has 35 heavy (non-hydrogen) atoms. The molecule has 0 atom stereocenters. The van der Waals surface area contributed by atoms with Gasteiger partial charge in [-0.1, -0.05) is 26.0 Å². The Labute approximate surface area is 208 Å².